The molecule has 1 heterocycles. The van der Waals surface area contributed by atoms with Gasteiger partial charge in [-0.1, -0.05) is 0 Å². The summed E-state index contributed by atoms with van der Waals surface area (Å²) in [6.07, 6.45) is 5.15. The van der Waals surface area contributed by atoms with Crippen molar-refractivity contribution >= 4 is 0 Å². The largest absolute Gasteiger partial charge is 0.379 e. The average molecular weight is 187 g/mol. The quantitative estimate of drug-likeness (QED) is 0.607. The first-order valence-corrected chi connectivity index (χ1v) is 5.27. The number of rotatable bonds is 7. The molecule has 1 atom stereocenters. The average Bonchev–Trinajstić information content (AvgIpc) is 2.63. The van der Waals surface area contributed by atoms with E-state index >= 15 is 0 Å². The van der Waals surface area contributed by atoms with Crippen LogP contribution in [0.2, 0.25) is 0 Å². The molecule has 1 fully saturated rings. The van der Waals surface area contributed by atoms with Crippen molar-refractivity contribution < 1.29 is 9.47 Å². The van der Waals surface area contributed by atoms with E-state index in [0.29, 0.717) is 6.10 Å². The van der Waals surface area contributed by atoms with Gasteiger partial charge >= 0.3 is 0 Å². The van der Waals surface area contributed by atoms with Crippen molar-refractivity contribution in [3.63, 3.8) is 0 Å². The summed E-state index contributed by atoms with van der Waals surface area (Å²) in [7, 11) is 1.99. The number of hydrogen-bond acceptors (Lipinski definition) is 3. The molecule has 1 aliphatic heterocycles. The molecule has 13 heavy (non-hydrogen) atoms. The third-order valence-corrected chi connectivity index (χ3v) is 2.31. The summed E-state index contributed by atoms with van der Waals surface area (Å²) in [5.41, 5.74) is 0. The predicted octanol–water partition coefficient (Wildman–Crippen LogP) is 1.18. The minimum Gasteiger partial charge on any atom is -0.379 e. The van der Waals surface area contributed by atoms with Gasteiger partial charge in [-0.3, -0.25) is 0 Å². The van der Waals surface area contributed by atoms with Crippen LogP contribution in [0.4, 0.5) is 0 Å². The first-order chi connectivity index (χ1) is 6.43. The first kappa shape index (κ1) is 11.0. The van der Waals surface area contributed by atoms with E-state index in [0.717, 1.165) is 32.8 Å². The second-order valence-corrected chi connectivity index (χ2v) is 3.52. The molecule has 3 heteroatoms. The molecule has 1 saturated heterocycles. The molecule has 0 aromatic carbocycles. The molecule has 0 spiro atoms. The minimum absolute atomic E-state index is 0.379. The molecular formula is C10H21NO2. The molecule has 0 aliphatic carbocycles. The monoisotopic (exact) mass is 187 g/mol. The van der Waals surface area contributed by atoms with Crippen LogP contribution in [0.1, 0.15) is 25.7 Å². The Balaban J connectivity index is 1.78. The van der Waals surface area contributed by atoms with E-state index in [-0.39, 0.29) is 0 Å². The Hall–Kier alpha value is -0.120. The molecule has 1 N–H and O–H groups in total. The third-order valence-electron chi connectivity index (χ3n) is 2.31. The van der Waals surface area contributed by atoms with Crippen LogP contribution >= 0.6 is 0 Å². The molecule has 0 radical (unpaired) electrons. The number of ether oxygens (including phenoxy) is 2. The Morgan fingerprint density at radius 3 is 3.00 bits per heavy atom. The van der Waals surface area contributed by atoms with Gasteiger partial charge in [0.25, 0.3) is 0 Å². The van der Waals surface area contributed by atoms with E-state index in [1.807, 2.05) is 7.05 Å². The lowest BCUT2D eigenvalue weighted by Crippen LogP contribution is -2.13. The van der Waals surface area contributed by atoms with Gasteiger partial charge in [0, 0.05) is 13.2 Å². The van der Waals surface area contributed by atoms with Crippen molar-refractivity contribution in [1.29, 1.82) is 0 Å². The van der Waals surface area contributed by atoms with Crippen molar-refractivity contribution in [2.75, 3.05) is 33.4 Å². The van der Waals surface area contributed by atoms with Crippen LogP contribution in [-0.4, -0.2) is 39.5 Å². The van der Waals surface area contributed by atoms with Crippen LogP contribution in [0.3, 0.4) is 0 Å². The van der Waals surface area contributed by atoms with Crippen molar-refractivity contribution in [3.8, 4) is 0 Å². The number of unbranched alkanes of at least 4 members (excludes halogenated alkanes) is 2. The normalized spacial score (nSPS) is 22.4. The summed E-state index contributed by atoms with van der Waals surface area (Å²) >= 11 is 0. The van der Waals surface area contributed by atoms with Crippen LogP contribution < -0.4 is 5.32 Å². The van der Waals surface area contributed by atoms with E-state index in [2.05, 4.69) is 5.32 Å². The highest BCUT2D eigenvalue weighted by Gasteiger charge is 2.14. The number of hydrogen-bond donors (Lipinski definition) is 1. The van der Waals surface area contributed by atoms with Crippen molar-refractivity contribution in [2.45, 2.75) is 31.8 Å². The van der Waals surface area contributed by atoms with Gasteiger partial charge in [-0.25, -0.2) is 0 Å². The summed E-state index contributed by atoms with van der Waals surface area (Å²) in [6.45, 7) is 3.70. The van der Waals surface area contributed by atoms with Crippen LogP contribution in [0.5, 0.6) is 0 Å². The van der Waals surface area contributed by atoms with E-state index in [1.54, 1.807) is 0 Å². The maximum atomic E-state index is 5.64. The predicted molar refractivity (Wildman–Crippen MR) is 53.0 cm³/mol. The highest BCUT2D eigenvalue weighted by molar-refractivity contribution is 4.62. The summed E-state index contributed by atoms with van der Waals surface area (Å²) in [6, 6.07) is 0. The highest BCUT2D eigenvalue weighted by Crippen LogP contribution is 2.08. The molecule has 1 aliphatic rings. The van der Waals surface area contributed by atoms with Gasteiger partial charge in [-0.15, -0.1) is 0 Å². The van der Waals surface area contributed by atoms with Crippen molar-refractivity contribution in [3.05, 3.63) is 0 Å². The molecule has 0 saturated carbocycles. The number of nitrogens with one attached hydrogen (secondary N) is 1. The zero-order chi connectivity index (χ0) is 9.36. The maximum Gasteiger partial charge on any atom is 0.0830 e. The fourth-order valence-corrected chi connectivity index (χ4v) is 1.47. The van der Waals surface area contributed by atoms with E-state index in [9.17, 15) is 0 Å². The van der Waals surface area contributed by atoms with Gasteiger partial charge in [0.05, 0.1) is 12.7 Å². The molecule has 0 aromatic heterocycles. The lowest BCUT2D eigenvalue weighted by atomic mass is 10.2. The van der Waals surface area contributed by atoms with Gasteiger partial charge in [-0.2, -0.15) is 0 Å². The minimum atomic E-state index is 0.379. The van der Waals surface area contributed by atoms with Crippen LogP contribution in [0, 0.1) is 0 Å². The van der Waals surface area contributed by atoms with Gasteiger partial charge in [0.2, 0.25) is 0 Å². The van der Waals surface area contributed by atoms with Crippen LogP contribution in [0.15, 0.2) is 0 Å². The Labute approximate surface area is 80.8 Å². The lowest BCUT2D eigenvalue weighted by molar-refractivity contribution is 0.0406. The Bertz CT molecular complexity index is 113. The molecule has 0 bridgehead atoms. The molecule has 0 aromatic rings. The molecule has 78 valence electrons. The standard InChI is InChI=1S/C10H21NO2/c1-11-6-3-2-4-7-13-10-5-8-12-9-10/h10-11H,2-9H2,1H3. The van der Waals surface area contributed by atoms with E-state index < -0.39 is 0 Å². The maximum absolute atomic E-state index is 5.64. The van der Waals surface area contributed by atoms with Crippen molar-refractivity contribution in [1.82, 2.24) is 5.32 Å². The van der Waals surface area contributed by atoms with E-state index in [4.69, 9.17) is 9.47 Å². The Morgan fingerprint density at radius 1 is 1.38 bits per heavy atom. The third kappa shape index (κ3) is 5.24. The van der Waals surface area contributed by atoms with E-state index in [1.165, 1.54) is 19.3 Å². The SMILES string of the molecule is CNCCCCCOC1CCOC1. The summed E-state index contributed by atoms with van der Waals surface area (Å²) < 4.78 is 10.9. The van der Waals surface area contributed by atoms with Gasteiger partial charge in [0.1, 0.15) is 0 Å². The zero-order valence-corrected chi connectivity index (χ0v) is 8.55. The molecule has 1 unspecified atom stereocenters. The van der Waals surface area contributed by atoms with Crippen LogP contribution in [0.25, 0.3) is 0 Å². The second kappa shape index (κ2) is 7.30. The fraction of sp³-hybridized carbons (Fsp3) is 1.00. The molecule has 0 amide bonds. The second-order valence-electron chi connectivity index (χ2n) is 3.52. The van der Waals surface area contributed by atoms with Crippen LogP contribution in [-0.2, 0) is 9.47 Å². The molecular weight excluding hydrogens is 166 g/mol. The Kier molecular flexibility index (Phi) is 6.15. The van der Waals surface area contributed by atoms with Crippen molar-refractivity contribution in [2.24, 2.45) is 0 Å². The lowest BCUT2D eigenvalue weighted by Gasteiger charge is -2.08. The summed E-state index contributed by atoms with van der Waals surface area (Å²) in [4.78, 5) is 0. The first-order valence-electron chi connectivity index (χ1n) is 5.27. The summed E-state index contributed by atoms with van der Waals surface area (Å²) in [5.74, 6) is 0. The smallest absolute Gasteiger partial charge is 0.0830 e. The highest BCUT2D eigenvalue weighted by atomic mass is 16.5. The molecule has 1 rings (SSSR count). The van der Waals surface area contributed by atoms with Gasteiger partial charge in [0.15, 0.2) is 0 Å². The summed E-state index contributed by atoms with van der Waals surface area (Å²) in [5, 5.41) is 3.14. The Morgan fingerprint density at radius 2 is 2.31 bits per heavy atom. The van der Waals surface area contributed by atoms with Gasteiger partial charge < -0.3 is 14.8 Å². The van der Waals surface area contributed by atoms with Gasteiger partial charge in [-0.05, 0) is 39.3 Å². The zero-order valence-electron chi connectivity index (χ0n) is 8.55. The fourth-order valence-electron chi connectivity index (χ4n) is 1.47. The molecule has 3 nitrogen and oxygen atoms in total. The topological polar surface area (TPSA) is 30.5 Å².